The van der Waals surface area contributed by atoms with E-state index in [2.05, 4.69) is 0 Å². The molecule has 0 aliphatic carbocycles. The van der Waals surface area contributed by atoms with Gasteiger partial charge in [0.15, 0.2) is 11.5 Å². The van der Waals surface area contributed by atoms with E-state index in [1.807, 2.05) is 65.8 Å². The number of aliphatic hydroxyl groups excluding tert-OH is 2. The lowest BCUT2D eigenvalue weighted by Crippen LogP contribution is -2.26. The first-order valence-corrected chi connectivity index (χ1v) is 12.1. The van der Waals surface area contributed by atoms with E-state index < -0.39 is 16.2 Å². The Labute approximate surface area is 216 Å². The molecule has 2 rings (SSSR count). The maximum Gasteiger partial charge on any atom is 0.156 e. The molecule has 0 saturated heterocycles. The fourth-order valence-corrected chi connectivity index (χ4v) is 4.10. The fraction of sp³-hybridized carbons (Fsp3) is 0.520. The molecule has 2 aromatic rings. The third-order valence-electron chi connectivity index (χ3n) is 5.51. The van der Waals surface area contributed by atoms with Gasteiger partial charge in [-0.15, -0.1) is 0 Å². The monoisotopic (exact) mass is 536 g/mol. The molecule has 0 radical (unpaired) electrons. The second kappa shape index (κ2) is 10.8. The van der Waals surface area contributed by atoms with E-state index in [1.165, 1.54) is 0 Å². The minimum Gasteiger partial charge on any atom is -0.490 e. The van der Waals surface area contributed by atoms with Crippen LogP contribution in [0.1, 0.15) is 52.7 Å². The van der Waals surface area contributed by atoms with Crippen LogP contribution in [-0.4, -0.2) is 36.6 Å². The maximum atomic E-state index is 9.45. The van der Waals surface area contributed by atoms with E-state index in [0.717, 1.165) is 11.1 Å². The molecule has 184 valence electrons. The number of ether oxygens (including phenoxy) is 2. The molecule has 0 aromatic heterocycles. The molecule has 8 heteroatoms. The van der Waals surface area contributed by atoms with Gasteiger partial charge >= 0.3 is 0 Å². The summed E-state index contributed by atoms with van der Waals surface area (Å²) in [6, 6.07) is 7.24. The van der Waals surface area contributed by atoms with Crippen molar-refractivity contribution in [3.63, 3.8) is 0 Å². The minimum absolute atomic E-state index is 0.0217. The zero-order valence-electron chi connectivity index (χ0n) is 19.9. The lowest BCUT2D eigenvalue weighted by molar-refractivity contribution is 0.0976. The van der Waals surface area contributed by atoms with Crippen LogP contribution in [0, 0.1) is 10.8 Å². The Balaban J connectivity index is 2.35. The Kier molecular flexibility index (Phi) is 9.28. The third-order valence-corrected chi connectivity index (χ3v) is 6.63. The van der Waals surface area contributed by atoms with Crippen molar-refractivity contribution in [2.24, 2.45) is 10.8 Å². The molecule has 4 nitrogen and oxygen atoms in total. The topological polar surface area (TPSA) is 58.9 Å². The lowest BCUT2D eigenvalue weighted by Gasteiger charge is -2.29. The van der Waals surface area contributed by atoms with Crippen molar-refractivity contribution in [3.8, 4) is 11.5 Å². The second-order valence-corrected chi connectivity index (χ2v) is 12.0. The molecule has 0 heterocycles. The van der Waals surface area contributed by atoms with Gasteiger partial charge in [-0.25, -0.2) is 0 Å². The van der Waals surface area contributed by atoms with Crippen molar-refractivity contribution < 1.29 is 19.7 Å². The molecular weight excluding hydrogens is 506 g/mol. The Bertz CT molecular complexity index is 863. The summed E-state index contributed by atoms with van der Waals surface area (Å²) in [5.74, 6) is 0.761. The highest BCUT2D eigenvalue weighted by Crippen LogP contribution is 2.44. The van der Waals surface area contributed by atoms with Crippen LogP contribution in [0.2, 0.25) is 20.1 Å². The Hall–Kier alpha value is -0.880. The van der Waals surface area contributed by atoms with Crippen molar-refractivity contribution in [3.05, 3.63) is 55.5 Å². The smallest absolute Gasteiger partial charge is 0.156 e. The molecule has 0 fully saturated rings. The lowest BCUT2D eigenvalue weighted by atomic mass is 9.78. The van der Waals surface area contributed by atoms with E-state index >= 15 is 0 Å². The molecule has 2 aromatic carbocycles. The van der Waals surface area contributed by atoms with Crippen molar-refractivity contribution in [2.75, 3.05) is 26.4 Å². The quantitative estimate of drug-likeness (QED) is 0.331. The Morgan fingerprint density at radius 3 is 1.12 bits per heavy atom. The first-order chi connectivity index (χ1) is 15.1. The molecule has 2 N–H and O–H groups in total. The summed E-state index contributed by atoms with van der Waals surface area (Å²) >= 11 is 26.1. The molecule has 0 saturated carbocycles. The summed E-state index contributed by atoms with van der Waals surface area (Å²) < 4.78 is 11.6. The zero-order chi connectivity index (χ0) is 25.2. The Morgan fingerprint density at radius 2 is 0.879 bits per heavy atom. The van der Waals surface area contributed by atoms with Gasteiger partial charge in [0.05, 0.1) is 46.5 Å². The molecular formula is C25H32Cl4O4. The van der Waals surface area contributed by atoms with Gasteiger partial charge in [-0.05, 0) is 35.4 Å². The van der Waals surface area contributed by atoms with Gasteiger partial charge in [-0.2, -0.15) is 0 Å². The summed E-state index contributed by atoms with van der Waals surface area (Å²) in [5, 5.41) is 20.4. The van der Waals surface area contributed by atoms with Gasteiger partial charge in [0, 0.05) is 16.2 Å². The normalized spacial score (nSPS) is 12.7. The van der Waals surface area contributed by atoms with Crippen molar-refractivity contribution in [1.29, 1.82) is 0 Å². The molecule has 0 amide bonds. The minimum atomic E-state index is -0.535. The van der Waals surface area contributed by atoms with Crippen LogP contribution in [0.5, 0.6) is 11.5 Å². The molecule has 0 spiro atoms. The SMILES string of the molecule is CC(C)(CO)COc1c(Cl)cc(C(C)(C)c2cc(Cl)c(OCC(C)(C)CO)c(Cl)c2)cc1Cl. The van der Waals surface area contributed by atoms with Crippen LogP contribution in [-0.2, 0) is 5.41 Å². The largest absolute Gasteiger partial charge is 0.490 e. The molecule has 0 aliphatic rings. The second-order valence-electron chi connectivity index (χ2n) is 10.4. The summed E-state index contributed by atoms with van der Waals surface area (Å²) in [7, 11) is 0. The molecule has 0 bridgehead atoms. The number of hydrogen-bond acceptors (Lipinski definition) is 4. The van der Waals surface area contributed by atoms with Crippen LogP contribution in [0.3, 0.4) is 0 Å². The van der Waals surface area contributed by atoms with Crippen LogP contribution in [0.4, 0.5) is 0 Å². The standard InChI is InChI=1S/C25H32Cl4O4/c1-23(2,11-30)13-32-21-17(26)7-15(8-18(21)27)25(5,6)16-9-19(28)22(20(29)10-16)33-14-24(3,4)12-31/h7-10,30-31H,11-14H2,1-6H3. The summed E-state index contributed by atoms with van der Waals surface area (Å²) in [6.07, 6.45) is 0. The van der Waals surface area contributed by atoms with Crippen LogP contribution >= 0.6 is 46.4 Å². The van der Waals surface area contributed by atoms with Gasteiger partial charge in [0.1, 0.15) is 0 Å². The van der Waals surface area contributed by atoms with E-state index in [4.69, 9.17) is 55.9 Å². The van der Waals surface area contributed by atoms with Gasteiger partial charge in [0.2, 0.25) is 0 Å². The van der Waals surface area contributed by atoms with E-state index in [0.29, 0.717) is 31.6 Å². The predicted octanol–water partition coefficient (Wildman–Crippen LogP) is 7.42. The fourth-order valence-electron chi connectivity index (χ4n) is 2.91. The number of rotatable bonds is 10. The van der Waals surface area contributed by atoms with Crippen LogP contribution < -0.4 is 9.47 Å². The van der Waals surface area contributed by atoms with Crippen molar-refractivity contribution in [1.82, 2.24) is 0 Å². The average molecular weight is 538 g/mol. The number of aliphatic hydroxyl groups is 2. The molecule has 0 aliphatic heterocycles. The number of halogens is 4. The number of benzene rings is 2. The highest BCUT2D eigenvalue weighted by molar-refractivity contribution is 6.38. The van der Waals surface area contributed by atoms with Crippen LogP contribution in [0.25, 0.3) is 0 Å². The van der Waals surface area contributed by atoms with Crippen molar-refractivity contribution >= 4 is 46.4 Å². The number of hydrogen-bond donors (Lipinski definition) is 2. The van der Waals surface area contributed by atoms with Gasteiger partial charge in [-0.3, -0.25) is 0 Å². The third kappa shape index (κ3) is 7.06. The molecule has 0 atom stereocenters. The predicted molar refractivity (Wildman–Crippen MR) is 138 cm³/mol. The van der Waals surface area contributed by atoms with Crippen LogP contribution in [0.15, 0.2) is 24.3 Å². The first kappa shape index (κ1) is 28.4. The van der Waals surface area contributed by atoms with Crippen molar-refractivity contribution in [2.45, 2.75) is 47.0 Å². The van der Waals surface area contributed by atoms with Gasteiger partial charge in [0.25, 0.3) is 0 Å². The van der Waals surface area contributed by atoms with Gasteiger partial charge in [-0.1, -0.05) is 87.9 Å². The maximum absolute atomic E-state index is 9.45. The highest BCUT2D eigenvalue weighted by Gasteiger charge is 2.29. The highest BCUT2D eigenvalue weighted by atomic mass is 35.5. The molecule has 0 unspecified atom stereocenters. The zero-order valence-corrected chi connectivity index (χ0v) is 22.9. The summed E-state index contributed by atoms with van der Waals surface area (Å²) in [4.78, 5) is 0. The van der Waals surface area contributed by atoms with E-state index in [9.17, 15) is 10.2 Å². The van der Waals surface area contributed by atoms with E-state index in [1.54, 1.807) is 0 Å². The Morgan fingerprint density at radius 1 is 0.606 bits per heavy atom. The average Bonchev–Trinajstić information content (AvgIpc) is 2.72. The first-order valence-electron chi connectivity index (χ1n) is 10.6. The van der Waals surface area contributed by atoms with Gasteiger partial charge < -0.3 is 19.7 Å². The van der Waals surface area contributed by atoms with E-state index in [-0.39, 0.29) is 26.4 Å². The summed E-state index contributed by atoms with van der Waals surface area (Å²) in [6.45, 7) is 12.1. The molecule has 33 heavy (non-hydrogen) atoms. The summed E-state index contributed by atoms with van der Waals surface area (Å²) in [5.41, 5.74) is 0.330.